The van der Waals surface area contributed by atoms with Crippen LogP contribution >= 0.6 is 0 Å². The highest BCUT2D eigenvalue weighted by atomic mass is 16.6. The standard InChI is InChI=1S/C8H7NO5/c1-14-7-3-2-5(9(12)13)4-6(7)8(10)11/h2-4H,1H3,(H,10,11)/p-1. The van der Waals surface area contributed by atoms with Crippen molar-refractivity contribution in [3.63, 3.8) is 0 Å². The molecule has 0 heterocycles. The number of rotatable bonds is 3. The van der Waals surface area contributed by atoms with Gasteiger partial charge in [-0.1, -0.05) is 0 Å². The van der Waals surface area contributed by atoms with Gasteiger partial charge in [-0.2, -0.15) is 0 Å². The number of aromatic carboxylic acids is 1. The first-order chi connectivity index (χ1) is 6.56. The predicted molar refractivity (Wildman–Crippen MR) is 44.0 cm³/mol. The smallest absolute Gasteiger partial charge is 0.270 e. The molecule has 0 saturated carbocycles. The summed E-state index contributed by atoms with van der Waals surface area (Å²) in [4.78, 5) is 20.2. The summed E-state index contributed by atoms with van der Waals surface area (Å²) in [7, 11) is 1.27. The maximum atomic E-state index is 10.5. The van der Waals surface area contributed by atoms with Gasteiger partial charge in [-0.15, -0.1) is 0 Å². The monoisotopic (exact) mass is 196 g/mol. The molecule has 0 aromatic heterocycles. The number of carboxylic acid groups (broad SMARTS) is 1. The molecule has 6 nitrogen and oxygen atoms in total. The number of benzene rings is 1. The second-order valence-electron chi connectivity index (χ2n) is 2.43. The van der Waals surface area contributed by atoms with Crippen LogP contribution in [0.1, 0.15) is 10.4 Å². The van der Waals surface area contributed by atoms with Gasteiger partial charge in [0.15, 0.2) is 0 Å². The van der Waals surface area contributed by atoms with Crippen LogP contribution in [-0.2, 0) is 0 Å². The second-order valence-corrected chi connectivity index (χ2v) is 2.43. The zero-order valence-corrected chi connectivity index (χ0v) is 7.22. The van der Waals surface area contributed by atoms with Gasteiger partial charge in [-0.25, -0.2) is 0 Å². The molecular weight excluding hydrogens is 190 g/mol. The fourth-order valence-corrected chi connectivity index (χ4v) is 0.969. The summed E-state index contributed by atoms with van der Waals surface area (Å²) in [6.07, 6.45) is 0. The first-order valence-electron chi connectivity index (χ1n) is 3.60. The summed E-state index contributed by atoms with van der Waals surface area (Å²) in [6.45, 7) is 0. The Hall–Kier alpha value is -2.11. The lowest BCUT2D eigenvalue weighted by Gasteiger charge is -2.07. The van der Waals surface area contributed by atoms with Crippen LogP contribution in [0.3, 0.4) is 0 Å². The van der Waals surface area contributed by atoms with E-state index in [0.29, 0.717) is 0 Å². The van der Waals surface area contributed by atoms with Crippen LogP contribution in [0.5, 0.6) is 5.75 Å². The topological polar surface area (TPSA) is 92.5 Å². The number of carbonyl (C=O) groups excluding carboxylic acids is 1. The van der Waals surface area contributed by atoms with Gasteiger partial charge in [-0.3, -0.25) is 10.1 Å². The van der Waals surface area contributed by atoms with E-state index in [2.05, 4.69) is 0 Å². The van der Waals surface area contributed by atoms with E-state index in [1.807, 2.05) is 0 Å². The van der Waals surface area contributed by atoms with Gasteiger partial charge in [-0.05, 0) is 6.07 Å². The summed E-state index contributed by atoms with van der Waals surface area (Å²) in [6, 6.07) is 3.27. The molecule has 1 rings (SSSR count). The van der Waals surface area contributed by atoms with E-state index in [4.69, 9.17) is 4.74 Å². The number of ether oxygens (including phenoxy) is 1. The van der Waals surface area contributed by atoms with E-state index in [0.717, 1.165) is 12.1 Å². The van der Waals surface area contributed by atoms with E-state index in [1.54, 1.807) is 0 Å². The molecule has 0 unspecified atom stereocenters. The minimum atomic E-state index is -1.51. The van der Waals surface area contributed by atoms with Crippen molar-refractivity contribution in [1.29, 1.82) is 0 Å². The molecule has 0 spiro atoms. The summed E-state index contributed by atoms with van der Waals surface area (Å²) < 4.78 is 4.70. The third-order valence-electron chi connectivity index (χ3n) is 1.61. The quantitative estimate of drug-likeness (QED) is 0.499. The van der Waals surface area contributed by atoms with Crippen molar-refractivity contribution in [3.05, 3.63) is 33.9 Å². The average molecular weight is 196 g/mol. The lowest BCUT2D eigenvalue weighted by molar-refractivity contribution is -0.385. The molecule has 0 saturated heterocycles. The van der Waals surface area contributed by atoms with Gasteiger partial charge in [0.25, 0.3) is 5.69 Å². The van der Waals surface area contributed by atoms with Gasteiger partial charge in [0.2, 0.25) is 0 Å². The molecule has 0 aliphatic carbocycles. The van der Waals surface area contributed by atoms with Crippen LogP contribution in [0.4, 0.5) is 5.69 Å². The van der Waals surface area contributed by atoms with Crippen LogP contribution < -0.4 is 9.84 Å². The Bertz CT molecular complexity index is 387. The number of carbonyl (C=O) groups is 1. The fraction of sp³-hybridized carbons (Fsp3) is 0.125. The Morgan fingerprint density at radius 3 is 2.57 bits per heavy atom. The van der Waals surface area contributed by atoms with Gasteiger partial charge < -0.3 is 14.6 Å². The van der Waals surface area contributed by atoms with Crippen molar-refractivity contribution in [1.82, 2.24) is 0 Å². The highest BCUT2D eigenvalue weighted by molar-refractivity contribution is 5.90. The minimum absolute atomic E-state index is 0.0376. The van der Waals surface area contributed by atoms with E-state index in [1.165, 1.54) is 13.2 Å². The van der Waals surface area contributed by atoms with Gasteiger partial charge in [0, 0.05) is 17.7 Å². The fourth-order valence-electron chi connectivity index (χ4n) is 0.969. The predicted octanol–water partition coefficient (Wildman–Crippen LogP) is -0.0331. The largest absolute Gasteiger partial charge is 0.545 e. The minimum Gasteiger partial charge on any atom is -0.545 e. The number of nitro groups is 1. The Morgan fingerprint density at radius 1 is 1.50 bits per heavy atom. The molecule has 74 valence electrons. The summed E-state index contributed by atoms with van der Waals surface area (Å²) in [5.74, 6) is -1.47. The zero-order valence-electron chi connectivity index (χ0n) is 7.22. The Morgan fingerprint density at radius 2 is 2.14 bits per heavy atom. The molecular formula is C8H6NO5-. The number of hydrogen-bond donors (Lipinski definition) is 0. The lowest BCUT2D eigenvalue weighted by Crippen LogP contribution is -2.23. The highest BCUT2D eigenvalue weighted by Crippen LogP contribution is 2.22. The van der Waals surface area contributed by atoms with Crippen LogP contribution in [0, 0.1) is 10.1 Å². The molecule has 0 fully saturated rings. The van der Waals surface area contributed by atoms with Crippen molar-refractivity contribution in [2.24, 2.45) is 0 Å². The van der Waals surface area contributed by atoms with Gasteiger partial charge in [0.1, 0.15) is 5.75 Å². The number of nitrogens with zero attached hydrogens (tertiary/aromatic N) is 1. The molecule has 6 heteroatoms. The average Bonchev–Trinajstić information content (AvgIpc) is 2.16. The Labute approximate surface area is 78.9 Å². The van der Waals surface area contributed by atoms with Gasteiger partial charge >= 0.3 is 0 Å². The molecule has 0 radical (unpaired) electrons. The molecule has 0 atom stereocenters. The molecule has 0 amide bonds. The van der Waals surface area contributed by atoms with E-state index < -0.39 is 10.9 Å². The van der Waals surface area contributed by atoms with Crippen molar-refractivity contribution in [2.75, 3.05) is 7.11 Å². The SMILES string of the molecule is COc1ccc([N+](=O)[O-])cc1C(=O)[O-]. The number of carboxylic acids is 1. The summed E-state index contributed by atoms with van der Waals surface area (Å²) in [5, 5.41) is 20.9. The molecule has 0 aliphatic rings. The van der Waals surface area contributed by atoms with Crippen LogP contribution in [0.15, 0.2) is 18.2 Å². The number of nitro benzene ring substituents is 1. The number of hydrogen-bond acceptors (Lipinski definition) is 5. The summed E-state index contributed by atoms with van der Waals surface area (Å²) in [5.41, 5.74) is -0.647. The Balaban J connectivity index is 3.27. The third-order valence-corrected chi connectivity index (χ3v) is 1.61. The molecule has 14 heavy (non-hydrogen) atoms. The van der Waals surface area contributed by atoms with E-state index in [-0.39, 0.29) is 17.0 Å². The normalized spacial score (nSPS) is 9.50. The van der Waals surface area contributed by atoms with E-state index >= 15 is 0 Å². The van der Waals surface area contributed by atoms with Crippen LogP contribution in [-0.4, -0.2) is 18.0 Å². The molecule has 1 aromatic rings. The summed E-state index contributed by atoms with van der Waals surface area (Å²) >= 11 is 0. The molecule has 0 bridgehead atoms. The number of methoxy groups -OCH3 is 1. The van der Waals surface area contributed by atoms with Crippen LogP contribution in [0.25, 0.3) is 0 Å². The van der Waals surface area contributed by atoms with Crippen molar-refractivity contribution >= 4 is 11.7 Å². The van der Waals surface area contributed by atoms with E-state index in [9.17, 15) is 20.0 Å². The highest BCUT2D eigenvalue weighted by Gasteiger charge is 2.11. The van der Waals surface area contributed by atoms with Crippen LogP contribution in [0.2, 0.25) is 0 Å². The van der Waals surface area contributed by atoms with Crippen molar-refractivity contribution in [3.8, 4) is 5.75 Å². The second kappa shape index (κ2) is 3.73. The van der Waals surface area contributed by atoms with Gasteiger partial charge in [0.05, 0.1) is 18.0 Å². The first-order valence-corrected chi connectivity index (χ1v) is 3.60. The van der Waals surface area contributed by atoms with Crippen molar-refractivity contribution in [2.45, 2.75) is 0 Å². The molecule has 0 N–H and O–H groups in total. The lowest BCUT2D eigenvalue weighted by atomic mass is 10.2. The maximum Gasteiger partial charge on any atom is 0.270 e. The van der Waals surface area contributed by atoms with Crippen molar-refractivity contribution < 1.29 is 19.6 Å². The molecule has 0 aliphatic heterocycles. The zero-order chi connectivity index (χ0) is 10.7. The third kappa shape index (κ3) is 1.79. The maximum absolute atomic E-state index is 10.5. The Kier molecular flexibility index (Phi) is 2.66. The number of non-ortho nitro benzene ring substituents is 1. The molecule has 1 aromatic carbocycles. The first kappa shape index (κ1) is 9.97.